The molecule has 0 aromatic heterocycles. The number of carbonyl (C=O) groups is 1. The van der Waals surface area contributed by atoms with E-state index in [0.717, 1.165) is 5.56 Å². The van der Waals surface area contributed by atoms with Crippen molar-refractivity contribution in [1.82, 2.24) is 4.90 Å². The summed E-state index contributed by atoms with van der Waals surface area (Å²) in [7, 11) is 2.91. The molecule has 0 radical (unpaired) electrons. The first-order valence-corrected chi connectivity index (χ1v) is 9.36. The van der Waals surface area contributed by atoms with Crippen LogP contribution in [0.15, 0.2) is 43.0 Å². The fourth-order valence-corrected chi connectivity index (χ4v) is 3.40. The van der Waals surface area contributed by atoms with Gasteiger partial charge in [0.2, 0.25) is 0 Å². The van der Waals surface area contributed by atoms with Crippen molar-refractivity contribution >= 4 is 5.91 Å². The first-order valence-electron chi connectivity index (χ1n) is 9.36. The van der Waals surface area contributed by atoms with Crippen LogP contribution in [0.3, 0.4) is 0 Å². The molecule has 162 valence electrons. The molecule has 1 heterocycles. The van der Waals surface area contributed by atoms with Crippen LogP contribution in [0, 0.1) is 0 Å². The molecule has 1 amide bonds. The summed E-state index contributed by atoms with van der Waals surface area (Å²) in [6, 6.07) is 8.79. The van der Waals surface area contributed by atoms with Crippen LogP contribution < -0.4 is 0 Å². The molecule has 0 unspecified atom stereocenters. The Hall–Kier alpha value is -1.90. The Morgan fingerprint density at radius 2 is 1.86 bits per heavy atom. The Morgan fingerprint density at radius 1 is 1.24 bits per heavy atom. The molecule has 8 heteroatoms. The van der Waals surface area contributed by atoms with E-state index in [2.05, 4.69) is 6.58 Å². The number of carbonyl (C=O) groups excluding carboxylic acids is 1. The third kappa shape index (κ3) is 5.18. The lowest BCUT2D eigenvalue weighted by Crippen LogP contribution is -2.62. The van der Waals surface area contributed by atoms with Crippen molar-refractivity contribution in [3.63, 3.8) is 0 Å². The number of halogens is 3. The molecule has 1 aliphatic rings. The molecular weight excluding hydrogens is 387 g/mol. The molecule has 3 atom stereocenters. The second-order valence-electron chi connectivity index (χ2n) is 7.68. The second-order valence-corrected chi connectivity index (χ2v) is 7.68. The van der Waals surface area contributed by atoms with Gasteiger partial charge in [-0.15, -0.1) is 6.58 Å². The van der Waals surface area contributed by atoms with E-state index in [1.807, 2.05) is 0 Å². The third-order valence-corrected chi connectivity index (χ3v) is 4.81. The lowest BCUT2D eigenvalue weighted by Gasteiger charge is -2.41. The molecule has 0 N–H and O–H groups in total. The molecule has 0 saturated carbocycles. The number of hydrogen-bond donors (Lipinski definition) is 0. The zero-order valence-electron chi connectivity index (χ0n) is 17.2. The summed E-state index contributed by atoms with van der Waals surface area (Å²) in [5.41, 5.74) is -2.03. The quantitative estimate of drug-likeness (QED) is 0.607. The molecule has 1 aromatic rings. The van der Waals surface area contributed by atoms with E-state index < -0.39 is 42.1 Å². The number of ether oxygens (including phenoxy) is 3. The lowest BCUT2D eigenvalue weighted by molar-refractivity contribution is -0.314. The van der Waals surface area contributed by atoms with Crippen molar-refractivity contribution < 1.29 is 32.2 Å². The summed E-state index contributed by atoms with van der Waals surface area (Å²) in [5.74, 6) is -1.99. The number of likely N-dealkylation sites (N-methyl/N-ethyl adjacent to an activating group) is 1. The van der Waals surface area contributed by atoms with Gasteiger partial charge in [-0.2, -0.15) is 13.2 Å². The normalized spacial score (nSPS) is 23.4. The summed E-state index contributed by atoms with van der Waals surface area (Å²) in [5, 5.41) is 0. The molecule has 2 rings (SSSR count). The van der Waals surface area contributed by atoms with Crippen molar-refractivity contribution in [2.24, 2.45) is 0 Å². The first-order chi connectivity index (χ1) is 13.4. The molecule has 0 bridgehead atoms. The SMILES string of the molecule is C=CCO[C@](CCc1ccccc1)([C@@H]1OC(C)(C)O[C@H]1C(=O)N(C)C)C(F)(F)F. The Bertz CT molecular complexity index is 706. The standard InChI is InChI=1S/C21H28F3NO4/c1-6-14-27-20(21(22,23)24,13-12-15-10-8-7-9-11-15)17-16(18(26)25(4)5)28-19(2,3)29-17/h6-11,16-17H,1,12-14H2,2-5H3/t16-,17-,20-/m1/s1. The van der Waals surface area contributed by atoms with Gasteiger partial charge < -0.3 is 19.1 Å². The van der Waals surface area contributed by atoms with Gasteiger partial charge in [-0.25, -0.2) is 0 Å². The number of hydrogen-bond acceptors (Lipinski definition) is 4. The predicted molar refractivity (Wildman–Crippen MR) is 102 cm³/mol. The summed E-state index contributed by atoms with van der Waals surface area (Å²) in [4.78, 5) is 13.8. The number of alkyl halides is 3. The molecule has 0 aliphatic carbocycles. The zero-order chi connectivity index (χ0) is 21.9. The van der Waals surface area contributed by atoms with Crippen LogP contribution in [0.5, 0.6) is 0 Å². The van der Waals surface area contributed by atoms with Crippen molar-refractivity contribution in [2.75, 3.05) is 20.7 Å². The molecule has 1 aliphatic heterocycles. The topological polar surface area (TPSA) is 48.0 Å². The zero-order valence-corrected chi connectivity index (χ0v) is 17.2. The number of rotatable bonds is 8. The van der Waals surface area contributed by atoms with Crippen LogP contribution in [-0.2, 0) is 25.4 Å². The smallest absolute Gasteiger partial charge is 0.359 e. The lowest BCUT2D eigenvalue weighted by atomic mass is 9.85. The second kappa shape index (κ2) is 8.85. The van der Waals surface area contributed by atoms with Crippen molar-refractivity contribution in [2.45, 2.75) is 56.5 Å². The molecule has 1 aromatic carbocycles. The minimum Gasteiger partial charge on any atom is -0.359 e. The molecule has 29 heavy (non-hydrogen) atoms. The van der Waals surface area contributed by atoms with Gasteiger partial charge in [0, 0.05) is 14.1 Å². The monoisotopic (exact) mass is 415 g/mol. The molecule has 1 saturated heterocycles. The van der Waals surface area contributed by atoms with E-state index in [4.69, 9.17) is 14.2 Å². The first kappa shape index (κ1) is 23.4. The van der Waals surface area contributed by atoms with E-state index in [0.29, 0.717) is 0 Å². The van der Waals surface area contributed by atoms with Crippen LogP contribution in [0.2, 0.25) is 0 Å². The van der Waals surface area contributed by atoms with E-state index >= 15 is 0 Å². The Morgan fingerprint density at radius 3 is 2.38 bits per heavy atom. The molecule has 0 spiro atoms. The molecule has 5 nitrogen and oxygen atoms in total. The summed E-state index contributed by atoms with van der Waals surface area (Å²) in [6.45, 7) is 6.07. The molecule has 1 fully saturated rings. The van der Waals surface area contributed by atoms with Crippen molar-refractivity contribution in [1.29, 1.82) is 0 Å². The van der Waals surface area contributed by atoms with Crippen molar-refractivity contribution in [3.8, 4) is 0 Å². The maximum absolute atomic E-state index is 14.5. The fourth-order valence-electron chi connectivity index (χ4n) is 3.40. The summed E-state index contributed by atoms with van der Waals surface area (Å²) >= 11 is 0. The number of amides is 1. The summed E-state index contributed by atoms with van der Waals surface area (Å²) in [6.07, 6.45) is -7.05. The van der Waals surface area contributed by atoms with Gasteiger partial charge in [-0.05, 0) is 32.3 Å². The van der Waals surface area contributed by atoms with Gasteiger partial charge in [0.05, 0.1) is 6.61 Å². The Kier molecular flexibility index (Phi) is 7.14. The largest absolute Gasteiger partial charge is 0.420 e. The minimum absolute atomic E-state index is 0.0840. The van der Waals surface area contributed by atoms with Crippen LogP contribution in [0.1, 0.15) is 25.8 Å². The van der Waals surface area contributed by atoms with Gasteiger partial charge in [0.1, 0.15) is 6.10 Å². The maximum Gasteiger partial charge on any atom is 0.420 e. The van der Waals surface area contributed by atoms with Gasteiger partial charge in [0.25, 0.3) is 5.91 Å². The highest BCUT2D eigenvalue weighted by atomic mass is 19.4. The highest BCUT2D eigenvalue weighted by Crippen LogP contribution is 2.47. The van der Waals surface area contributed by atoms with Crippen LogP contribution in [-0.4, -0.2) is 61.3 Å². The average molecular weight is 415 g/mol. The van der Waals surface area contributed by atoms with E-state index in [9.17, 15) is 18.0 Å². The minimum atomic E-state index is -4.82. The van der Waals surface area contributed by atoms with Gasteiger partial charge in [-0.3, -0.25) is 4.79 Å². The number of aryl methyl sites for hydroxylation is 1. The predicted octanol–water partition coefficient (Wildman–Crippen LogP) is 3.73. The van der Waals surface area contributed by atoms with Crippen LogP contribution in [0.4, 0.5) is 13.2 Å². The van der Waals surface area contributed by atoms with Crippen molar-refractivity contribution in [3.05, 3.63) is 48.6 Å². The summed E-state index contributed by atoms with van der Waals surface area (Å²) < 4.78 is 60.2. The van der Waals surface area contributed by atoms with E-state index in [1.54, 1.807) is 30.3 Å². The highest BCUT2D eigenvalue weighted by Gasteiger charge is 2.67. The van der Waals surface area contributed by atoms with E-state index in [-0.39, 0.29) is 13.0 Å². The van der Waals surface area contributed by atoms with Gasteiger partial charge in [0.15, 0.2) is 17.5 Å². The van der Waals surface area contributed by atoms with Crippen LogP contribution in [0.25, 0.3) is 0 Å². The third-order valence-electron chi connectivity index (χ3n) is 4.81. The Balaban J connectivity index is 2.50. The van der Waals surface area contributed by atoms with Gasteiger partial charge in [-0.1, -0.05) is 36.4 Å². The number of benzene rings is 1. The maximum atomic E-state index is 14.5. The fraction of sp³-hybridized carbons (Fsp3) is 0.571. The van der Waals surface area contributed by atoms with E-state index in [1.165, 1.54) is 38.9 Å². The van der Waals surface area contributed by atoms with Crippen LogP contribution >= 0.6 is 0 Å². The van der Waals surface area contributed by atoms with Gasteiger partial charge >= 0.3 is 6.18 Å². The molecular formula is C21H28F3NO4. The average Bonchev–Trinajstić information content (AvgIpc) is 2.96. The number of nitrogens with zero attached hydrogens (tertiary/aromatic N) is 1. The highest BCUT2D eigenvalue weighted by molar-refractivity contribution is 5.81. The Labute approximate surface area is 169 Å².